The lowest BCUT2D eigenvalue weighted by Crippen LogP contribution is -2.32. The zero-order chi connectivity index (χ0) is 23.1. The van der Waals surface area contributed by atoms with E-state index in [4.69, 9.17) is 14.2 Å². The molecule has 0 saturated heterocycles. The molecule has 3 rings (SSSR count). The fraction of sp³-hybridized carbons (Fsp3) is 0.300. The first-order chi connectivity index (χ1) is 15.4. The second-order valence-electron chi connectivity index (χ2n) is 6.46. The molecule has 0 bridgehead atoms. The molecule has 2 amide bonds. The second-order valence-corrected chi connectivity index (χ2v) is 6.46. The third kappa shape index (κ3) is 5.19. The zero-order valence-electron chi connectivity index (χ0n) is 17.2. The smallest absolute Gasteiger partial charge is 0.328 e. The number of halogens is 2. The van der Waals surface area contributed by atoms with E-state index in [1.165, 1.54) is 37.9 Å². The molecule has 3 heterocycles. The average molecular weight is 446 g/mol. The Bertz CT molecular complexity index is 1040. The van der Waals surface area contributed by atoms with Crippen molar-refractivity contribution in [2.24, 2.45) is 0 Å². The fourth-order valence-electron chi connectivity index (χ4n) is 2.75. The Kier molecular flexibility index (Phi) is 7.35. The number of nitriles is 1. The van der Waals surface area contributed by atoms with Crippen LogP contribution in [-0.2, 0) is 14.2 Å². The summed E-state index contributed by atoms with van der Waals surface area (Å²) >= 11 is 0. The van der Waals surface area contributed by atoms with Crippen molar-refractivity contribution in [1.82, 2.24) is 9.97 Å². The number of alkyl halides is 2. The monoisotopic (exact) mass is 446 g/mol. The Labute approximate surface area is 182 Å². The minimum absolute atomic E-state index is 0.0908. The van der Waals surface area contributed by atoms with Gasteiger partial charge in [-0.3, -0.25) is 10.2 Å². The first-order valence-corrected chi connectivity index (χ1v) is 9.37. The Hall–Kier alpha value is -3.98. The standard InChI is InChI=1S/C20H20F2N6O4/c1-28(16-4-3-13(18(21)22)17(27-16)19-31-7-8-32-19)20(29)26-15-9-14(24-5-6-30-2)12(10-23)11-25-15/h3-4,7-9,11,18-19H,5-6H2,1-2H3,(H2,24,25,26,29). The molecule has 0 aromatic carbocycles. The van der Waals surface area contributed by atoms with E-state index in [1.54, 1.807) is 7.11 Å². The van der Waals surface area contributed by atoms with E-state index in [2.05, 4.69) is 20.6 Å². The molecule has 0 unspecified atom stereocenters. The number of anilines is 3. The van der Waals surface area contributed by atoms with Crippen molar-refractivity contribution < 1.29 is 27.8 Å². The molecule has 0 radical (unpaired) electrons. The molecule has 0 fully saturated rings. The Morgan fingerprint density at radius 3 is 2.78 bits per heavy atom. The molecule has 2 N–H and O–H groups in total. The van der Waals surface area contributed by atoms with Gasteiger partial charge < -0.3 is 19.5 Å². The number of hydrogen-bond donors (Lipinski definition) is 2. The number of nitrogens with zero attached hydrogens (tertiary/aromatic N) is 4. The number of pyridine rings is 2. The van der Waals surface area contributed by atoms with Gasteiger partial charge in [0.2, 0.25) is 0 Å². The first kappa shape index (κ1) is 22.7. The number of hydrogen-bond acceptors (Lipinski definition) is 8. The summed E-state index contributed by atoms with van der Waals surface area (Å²) in [6, 6.07) is 5.34. The molecule has 0 saturated carbocycles. The minimum atomic E-state index is -2.80. The molecule has 0 aliphatic carbocycles. The molecule has 1 aliphatic rings. The van der Waals surface area contributed by atoms with Gasteiger partial charge >= 0.3 is 6.03 Å². The fourth-order valence-corrected chi connectivity index (χ4v) is 2.75. The minimum Gasteiger partial charge on any atom is -0.454 e. The lowest BCUT2D eigenvalue weighted by molar-refractivity contribution is -0.0308. The number of carbonyl (C=O) groups excluding carboxylic acids is 1. The van der Waals surface area contributed by atoms with E-state index >= 15 is 0 Å². The number of methoxy groups -OCH3 is 1. The van der Waals surface area contributed by atoms with Crippen molar-refractivity contribution in [2.45, 2.75) is 12.7 Å². The van der Waals surface area contributed by atoms with Gasteiger partial charge in [0.25, 0.3) is 12.7 Å². The molecule has 10 nitrogen and oxygen atoms in total. The van der Waals surface area contributed by atoms with Crippen LogP contribution in [0.4, 0.5) is 30.9 Å². The van der Waals surface area contributed by atoms with Crippen LogP contribution in [0.15, 0.2) is 36.9 Å². The molecule has 2 aromatic heterocycles. The van der Waals surface area contributed by atoms with Crippen LogP contribution in [0.25, 0.3) is 0 Å². The molecule has 168 valence electrons. The lowest BCUT2D eigenvalue weighted by Gasteiger charge is -2.20. The SMILES string of the molecule is COCCNc1cc(NC(=O)N(C)c2ccc(C(F)F)c(C3OC=CO3)n2)ncc1C#N. The molecule has 1 aliphatic heterocycles. The zero-order valence-corrected chi connectivity index (χ0v) is 17.2. The summed E-state index contributed by atoms with van der Waals surface area (Å²) in [5, 5.41) is 14.8. The summed E-state index contributed by atoms with van der Waals surface area (Å²) < 4.78 is 41.9. The maximum Gasteiger partial charge on any atom is 0.328 e. The quantitative estimate of drug-likeness (QED) is 0.591. The van der Waals surface area contributed by atoms with Crippen LogP contribution in [0.2, 0.25) is 0 Å². The maximum absolute atomic E-state index is 13.4. The predicted molar refractivity (Wildman–Crippen MR) is 110 cm³/mol. The van der Waals surface area contributed by atoms with Crippen LogP contribution in [0, 0.1) is 11.3 Å². The molecular formula is C20H20F2N6O4. The van der Waals surface area contributed by atoms with Crippen LogP contribution in [-0.4, -0.2) is 43.3 Å². The summed E-state index contributed by atoms with van der Waals surface area (Å²) in [4.78, 5) is 22.0. The van der Waals surface area contributed by atoms with Crippen LogP contribution in [0.5, 0.6) is 0 Å². The topological polar surface area (TPSA) is 122 Å². The molecule has 32 heavy (non-hydrogen) atoms. The molecule has 2 aromatic rings. The number of rotatable bonds is 8. The van der Waals surface area contributed by atoms with Gasteiger partial charge in [-0.05, 0) is 12.1 Å². The van der Waals surface area contributed by atoms with Gasteiger partial charge in [-0.1, -0.05) is 0 Å². The Balaban J connectivity index is 1.78. The third-order valence-corrected chi connectivity index (χ3v) is 4.39. The van der Waals surface area contributed by atoms with Crippen molar-refractivity contribution in [2.75, 3.05) is 42.8 Å². The number of amides is 2. The van der Waals surface area contributed by atoms with Gasteiger partial charge in [0.05, 0.1) is 17.9 Å². The number of ether oxygens (including phenoxy) is 3. The summed E-state index contributed by atoms with van der Waals surface area (Å²) in [5.41, 5.74) is 0.272. The average Bonchev–Trinajstić information content (AvgIpc) is 3.33. The van der Waals surface area contributed by atoms with Gasteiger partial charge in [-0.15, -0.1) is 0 Å². The molecule has 12 heteroatoms. The Morgan fingerprint density at radius 2 is 2.12 bits per heavy atom. The van der Waals surface area contributed by atoms with E-state index in [-0.39, 0.29) is 22.9 Å². The summed E-state index contributed by atoms with van der Waals surface area (Å²) in [6.07, 6.45) is -0.166. The van der Waals surface area contributed by atoms with E-state index in [0.717, 1.165) is 11.0 Å². The Morgan fingerprint density at radius 1 is 1.38 bits per heavy atom. The van der Waals surface area contributed by atoms with E-state index in [9.17, 15) is 18.8 Å². The van der Waals surface area contributed by atoms with Gasteiger partial charge in [-0.2, -0.15) is 5.26 Å². The van der Waals surface area contributed by atoms with Gasteiger partial charge in [-0.25, -0.2) is 23.5 Å². The summed E-state index contributed by atoms with van der Waals surface area (Å²) in [6.45, 7) is 0.871. The highest BCUT2D eigenvalue weighted by Gasteiger charge is 2.27. The highest BCUT2D eigenvalue weighted by atomic mass is 19.3. The maximum atomic E-state index is 13.4. The van der Waals surface area contributed by atoms with E-state index in [1.807, 2.05) is 6.07 Å². The van der Waals surface area contributed by atoms with Crippen molar-refractivity contribution in [3.05, 3.63) is 53.7 Å². The molecule has 0 atom stereocenters. The summed E-state index contributed by atoms with van der Waals surface area (Å²) in [5.74, 6) is 0.268. The predicted octanol–water partition coefficient (Wildman–Crippen LogP) is 3.53. The largest absolute Gasteiger partial charge is 0.454 e. The van der Waals surface area contributed by atoms with Crippen molar-refractivity contribution in [1.29, 1.82) is 5.26 Å². The van der Waals surface area contributed by atoms with Crippen LogP contribution < -0.4 is 15.5 Å². The van der Waals surface area contributed by atoms with Gasteiger partial charge in [0, 0.05) is 38.5 Å². The highest BCUT2D eigenvalue weighted by molar-refractivity contribution is 6.00. The van der Waals surface area contributed by atoms with Gasteiger partial charge in [0.15, 0.2) is 0 Å². The first-order valence-electron chi connectivity index (χ1n) is 9.37. The van der Waals surface area contributed by atoms with Crippen LogP contribution in [0.3, 0.4) is 0 Å². The van der Waals surface area contributed by atoms with Crippen molar-refractivity contribution in [3.8, 4) is 6.07 Å². The lowest BCUT2D eigenvalue weighted by atomic mass is 10.2. The number of urea groups is 1. The summed E-state index contributed by atoms with van der Waals surface area (Å²) in [7, 11) is 2.97. The van der Waals surface area contributed by atoms with Crippen molar-refractivity contribution >= 4 is 23.4 Å². The van der Waals surface area contributed by atoms with Crippen LogP contribution >= 0.6 is 0 Å². The van der Waals surface area contributed by atoms with Crippen molar-refractivity contribution in [3.63, 3.8) is 0 Å². The molecule has 0 spiro atoms. The molecular weight excluding hydrogens is 426 g/mol. The third-order valence-electron chi connectivity index (χ3n) is 4.39. The van der Waals surface area contributed by atoms with E-state index < -0.39 is 18.7 Å². The number of aromatic nitrogens is 2. The normalized spacial score (nSPS) is 12.8. The van der Waals surface area contributed by atoms with E-state index in [0.29, 0.717) is 24.4 Å². The second kappa shape index (κ2) is 10.4. The highest BCUT2D eigenvalue weighted by Crippen LogP contribution is 2.32. The van der Waals surface area contributed by atoms with Crippen LogP contribution in [0.1, 0.15) is 29.5 Å². The number of nitrogens with one attached hydrogen (secondary N) is 2. The van der Waals surface area contributed by atoms with Gasteiger partial charge in [0.1, 0.15) is 35.9 Å². The number of carbonyl (C=O) groups is 1.